The Hall–Kier alpha value is -1.48. The number of nitrogens with zero attached hydrogens (tertiary/aromatic N) is 1. The van der Waals surface area contributed by atoms with Gasteiger partial charge in [-0.05, 0) is 37.5 Å². The summed E-state index contributed by atoms with van der Waals surface area (Å²) in [6.45, 7) is 6.28. The van der Waals surface area contributed by atoms with Crippen LogP contribution in [0.25, 0.3) is 0 Å². The largest absolute Gasteiger partial charge is 0.379 e. The number of carbonyl (C=O) groups is 1. The smallest absolute Gasteiger partial charge is 0.251 e. The van der Waals surface area contributed by atoms with Crippen LogP contribution in [0.2, 0.25) is 0 Å². The molecule has 1 heterocycles. The van der Waals surface area contributed by atoms with Gasteiger partial charge in [0.15, 0.2) is 0 Å². The van der Waals surface area contributed by atoms with Crippen LogP contribution in [-0.2, 0) is 14.8 Å². The van der Waals surface area contributed by atoms with Crippen LogP contribution in [0.5, 0.6) is 0 Å². The number of sulfonamides is 1. The van der Waals surface area contributed by atoms with Gasteiger partial charge < -0.3 is 10.1 Å². The van der Waals surface area contributed by atoms with Crippen LogP contribution in [0.15, 0.2) is 23.1 Å². The minimum absolute atomic E-state index is 0.0390. The molecule has 0 radical (unpaired) electrons. The molecule has 2 fully saturated rings. The molecule has 0 spiro atoms. The second-order valence-corrected chi connectivity index (χ2v) is 8.30. The Morgan fingerprint density at radius 3 is 2.68 bits per heavy atom. The average Bonchev–Trinajstić information content (AvgIpc) is 3.39. The summed E-state index contributed by atoms with van der Waals surface area (Å²) in [5.74, 6) is -0.241. The number of benzene rings is 1. The average molecular weight is 367 g/mol. The van der Waals surface area contributed by atoms with E-state index >= 15 is 0 Å². The van der Waals surface area contributed by atoms with E-state index in [0.29, 0.717) is 12.1 Å². The van der Waals surface area contributed by atoms with Gasteiger partial charge in [-0.15, -0.1) is 0 Å². The van der Waals surface area contributed by atoms with Crippen molar-refractivity contribution in [2.45, 2.75) is 30.7 Å². The molecule has 1 aliphatic carbocycles. The standard InChI is InChI=1S/C17H25N3O4S/c1-13-2-5-15(25(22,23)19-14-3-4-14)12-16(13)17(21)18-6-7-20-8-10-24-11-9-20/h2,5,12,14,19H,3-4,6-11H2,1H3,(H,18,21). The molecule has 0 atom stereocenters. The highest BCUT2D eigenvalue weighted by Crippen LogP contribution is 2.23. The third-order valence-corrected chi connectivity index (χ3v) is 6.00. The van der Waals surface area contributed by atoms with E-state index in [0.717, 1.165) is 51.3 Å². The summed E-state index contributed by atoms with van der Waals surface area (Å²) >= 11 is 0. The summed E-state index contributed by atoms with van der Waals surface area (Å²) in [6, 6.07) is 4.73. The van der Waals surface area contributed by atoms with Gasteiger partial charge in [-0.1, -0.05) is 6.07 Å². The first-order chi connectivity index (χ1) is 12.0. The van der Waals surface area contributed by atoms with Gasteiger partial charge in [-0.25, -0.2) is 13.1 Å². The lowest BCUT2D eigenvalue weighted by atomic mass is 10.1. The summed E-state index contributed by atoms with van der Waals surface area (Å²) < 4.78 is 32.6. The van der Waals surface area contributed by atoms with Gasteiger partial charge in [0.1, 0.15) is 0 Å². The lowest BCUT2D eigenvalue weighted by Crippen LogP contribution is -2.41. The topological polar surface area (TPSA) is 87.7 Å². The first-order valence-electron chi connectivity index (χ1n) is 8.67. The predicted molar refractivity (Wildman–Crippen MR) is 94.1 cm³/mol. The minimum atomic E-state index is -3.56. The Morgan fingerprint density at radius 1 is 1.28 bits per heavy atom. The molecule has 0 unspecified atom stereocenters. The Kier molecular flexibility index (Phi) is 5.73. The van der Waals surface area contributed by atoms with Crippen LogP contribution in [0.3, 0.4) is 0 Å². The van der Waals surface area contributed by atoms with E-state index in [2.05, 4.69) is 14.9 Å². The monoisotopic (exact) mass is 367 g/mol. The summed E-state index contributed by atoms with van der Waals surface area (Å²) in [7, 11) is -3.56. The fourth-order valence-corrected chi connectivity index (χ4v) is 4.08. The fourth-order valence-electron chi connectivity index (χ4n) is 2.75. The van der Waals surface area contributed by atoms with E-state index in [1.54, 1.807) is 12.1 Å². The van der Waals surface area contributed by atoms with Crippen molar-refractivity contribution in [3.05, 3.63) is 29.3 Å². The lowest BCUT2D eigenvalue weighted by molar-refractivity contribution is 0.0383. The molecular formula is C17H25N3O4S. The van der Waals surface area contributed by atoms with E-state index in [4.69, 9.17) is 4.74 Å². The van der Waals surface area contributed by atoms with Gasteiger partial charge in [0.2, 0.25) is 10.0 Å². The molecule has 8 heteroatoms. The summed E-state index contributed by atoms with van der Waals surface area (Å²) in [4.78, 5) is 14.8. The van der Waals surface area contributed by atoms with Gasteiger partial charge >= 0.3 is 0 Å². The molecule has 2 N–H and O–H groups in total. The SMILES string of the molecule is Cc1ccc(S(=O)(=O)NC2CC2)cc1C(=O)NCCN1CCOCC1. The Balaban J connectivity index is 1.61. The Bertz CT molecular complexity index is 725. The maximum Gasteiger partial charge on any atom is 0.251 e. The molecule has 1 aromatic carbocycles. The maximum atomic E-state index is 12.5. The zero-order valence-electron chi connectivity index (χ0n) is 14.5. The van der Waals surface area contributed by atoms with Gasteiger partial charge in [-0.2, -0.15) is 0 Å². The molecule has 138 valence electrons. The number of aryl methyl sites for hydroxylation is 1. The van der Waals surface area contributed by atoms with Gasteiger partial charge in [0.05, 0.1) is 18.1 Å². The third-order valence-electron chi connectivity index (χ3n) is 4.48. The Labute approximate surface area is 148 Å². The number of carbonyl (C=O) groups excluding carboxylic acids is 1. The molecular weight excluding hydrogens is 342 g/mol. The number of hydrogen-bond donors (Lipinski definition) is 2. The van der Waals surface area contributed by atoms with Crippen molar-refractivity contribution in [1.82, 2.24) is 14.9 Å². The number of nitrogens with one attached hydrogen (secondary N) is 2. The predicted octanol–water partition coefficient (Wildman–Crippen LogP) is 0.498. The first-order valence-corrected chi connectivity index (χ1v) is 10.2. The number of hydrogen-bond acceptors (Lipinski definition) is 5. The normalized spacial score (nSPS) is 18.9. The van der Waals surface area contributed by atoms with E-state index in [1.807, 2.05) is 6.92 Å². The van der Waals surface area contributed by atoms with Crippen molar-refractivity contribution in [3.8, 4) is 0 Å². The molecule has 25 heavy (non-hydrogen) atoms. The van der Waals surface area contributed by atoms with Crippen molar-refractivity contribution in [2.75, 3.05) is 39.4 Å². The van der Waals surface area contributed by atoms with Crippen molar-refractivity contribution in [3.63, 3.8) is 0 Å². The van der Waals surface area contributed by atoms with Crippen molar-refractivity contribution < 1.29 is 17.9 Å². The van der Waals surface area contributed by atoms with Crippen LogP contribution in [0.1, 0.15) is 28.8 Å². The molecule has 2 aliphatic rings. The number of amides is 1. The van der Waals surface area contributed by atoms with Gasteiger partial charge in [0.25, 0.3) is 5.91 Å². The second-order valence-electron chi connectivity index (χ2n) is 6.58. The second kappa shape index (κ2) is 7.82. The van der Waals surface area contributed by atoms with Crippen molar-refractivity contribution in [1.29, 1.82) is 0 Å². The molecule has 1 aliphatic heterocycles. The van der Waals surface area contributed by atoms with E-state index in [-0.39, 0.29) is 16.8 Å². The minimum Gasteiger partial charge on any atom is -0.379 e. The van der Waals surface area contributed by atoms with Crippen LogP contribution in [0, 0.1) is 6.92 Å². The highest BCUT2D eigenvalue weighted by atomic mass is 32.2. The maximum absolute atomic E-state index is 12.5. The number of morpholine rings is 1. The molecule has 7 nitrogen and oxygen atoms in total. The molecule has 1 saturated heterocycles. The van der Waals surface area contributed by atoms with E-state index in [1.165, 1.54) is 6.07 Å². The fraction of sp³-hybridized carbons (Fsp3) is 0.588. The Morgan fingerprint density at radius 2 is 2.00 bits per heavy atom. The highest BCUT2D eigenvalue weighted by Gasteiger charge is 2.28. The summed E-state index contributed by atoms with van der Waals surface area (Å²) in [5.41, 5.74) is 1.16. The molecule has 3 rings (SSSR count). The molecule has 0 aromatic heterocycles. The van der Waals surface area contributed by atoms with E-state index in [9.17, 15) is 13.2 Å². The number of rotatable bonds is 7. The number of ether oxygens (including phenoxy) is 1. The van der Waals surface area contributed by atoms with Crippen LogP contribution in [-0.4, -0.2) is 64.7 Å². The zero-order chi connectivity index (χ0) is 17.9. The summed E-state index contributed by atoms with van der Waals surface area (Å²) in [6.07, 6.45) is 1.75. The van der Waals surface area contributed by atoms with Gasteiger partial charge in [-0.3, -0.25) is 9.69 Å². The quantitative estimate of drug-likeness (QED) is 0.733. The van der Waals surface area contributed by atoms with Crippen molar-refractivity contribution >= 4 is 15.9 Å². The molecule has 1 saturated carbocycles. The van der Waals surface area contributed by atoms with Gasteiger partial charge in [0, 0.05) is 37.8 Å². The first kappa shape index (κ1) is 18.3. The molecule has 0 bridgehead atoms. The van der Waals surface area contributed by atoms with Crippen LogP contribution < -0.4 is 10.0 Å². The van der Waals surface area contributed by atoms with Crippen molar-refractivity contribution in [2.24, 2.45) is 0 Å². The lowest BCUT2D eigenvalue weighted by Gasteiger charge is -2.26. The molecule has 1 aromatic rings. The third kappa shape index (κ3) is 5.01. The highest BCUT2D eigenvalue weighted by molar-refractivity contribution is 7.89. The zero-order valence-corrected chi connectivity index (χ0v) is 15.3. The van der Waals surface area contributed by atoms with E-state index < -0.39 is 10.0 Å². The van der Waals surface area contributed by atoms with Crippen LogP contribution in [0.4, 0.5) is 0 Å². The molecule has 1 amide bonds. The summed E-state index contributed by atoms with van der Waals surface area (Å²) in [5, 5.41) is 2.88. The van der Waals surface area contributed by atoms with Crippen LogP contribution >= 0.6 is 0 Å².